The fraction of sp³-hybridized carbons (Fsp3) is 0.280. The lowest BCUT2D eigenvalue weighted by molar-refractivity contribution is -1.17. The highest BCUT2D eigenvalue weighted by Crippen LogP contribution is 2.43. The Labute approximate surface area is 165 Å². The van der Waals surface area contributed by atoms with Crippen LogP contribution in [-0.4, -0.2) is 10.0 Å². The van der Waals surface area contributed by atoms with E-state index < -0.39 is 0 Å². The highest BCUT2D eigenvalue weighted by molar-refractivity contribution is 5.76. The molecule has 138 valence electrons. The monoisotopic (exact) mass is 368 g/mol. The summed E-state index contributed by atoms with van der Waals surface area (Å²) >= 11 is 0. The lowest BCUT2D eigenvalue weighted by Crippen LogP contribution is -2.67. The SMILES string of the molecule is CC(C)(C)[N+]12Cc3ccc4ccccc4[n+]3C1[n+]1c(ccc3ccccc31)C2. The molecule has 0 saturated heterocycles. The van der Waals surface area contributed by atoms with E-state index in [-0.39, 0.29) is 11.8 Å². The molecule has 0 amide bonds. The van der Waals surface area contributed by atoms with Crippen LogP contribution in [-0.2, 0) is 13.1 Å². The maximum absolute atomic E-state index is 2.61. The summed E-state index contributed by atoms with van der Waals surface area (Å²) in [6, 6.07) is 26.9. The molecule has 2 aromatic heterocycles. The number of pyridine rings is 2. The first-order valence-corrected chi connectivity index (χ1v) is 10.2. The van der Waals surface area contributed by atoms with Crippen LogP contribution in [0.5, 0.6) is 0 Å². The molecule has 4 heterocycles. The van der Waals surface area contributed by atoms with E-state index in [1.165, 1.54) is 33.2 Å². The Morgan fingerprint density at radius 1 is 0.679 bits per heavy atom. The van der Waals surface area contributed by atoms with Gasteiger partial charge in [0.2, 0.25) is 22.4 Å². The highest BCUT2D eigenvalue weighted by Gasteiger charge is 2.70. The number of rotatable bonds is 0. The summed E-state index contributed by atoms with van der Waals surface area (Å²) in [5, 5.41) is 2.63. The fourth-order valence-electron chi connectivity index (χ4n) is 5.52. The van der Waals surface area contributed by atoms with Gasteiger partial charge in [-0.1, -0.05) is 33.4 Å². The number of aromatic nitrogens is 2. The summed E-state index contributed by atoms with van der Waals surface area (Å²) in [6.45, 7) is 9.35. The molecule has 0 aliphatic carbocycles. The Balaban J connectivity index is 1.76. The molecule has 3 nitrogen and oxygen atoms in total. The molecule has 6 rings (SSSR count). The highest BCUT2D eigenvalue weighted by atomic mass is 15.6. The summed E-state index contributed by atoms with van der Waals surface area (Å²) in [7, 11) is 0. The first-order valence-electron chi connectivity index (χ1n) is 10.2. The van der Waals surface area contributed by atoms with Gasteiger partial charge in [0, 0.05) is 35.0 Å². The minimum Gasteiger partial charge on any atom is -0.183 e. The molecule has 28 heavy (non-hydrogen) atoms. The van der Waals surface area contributed by atoms with Crippen LogP contribution in [0.4, 0.5) is 0 Å². The van der Waals surface area contributed by atoms with Crippen molar-refractivity contribution < 1.29 is 13.6 Å². The zero-order chi connectivity index (χ0) is 19.1. The van der Waals surface area contributed by atoms with Gasteiger partial charge in [-0.15, -0.1) is 0 Å². The smallest absolute Gasteiger partial charge is 0.183 e. The number of nitrogens with zero attached hydrogens (tertiary/aromatic N) is 3. The number of hydrogen-bond acceptors (Lipinski definition) is 0. The Bertz CT molecular complexity index is 1180. The van der Waals surface area contributed by atoms with Crippen molar-refractivity contribution in [3.8, 4) is 0 Å². The zero-order valence-electron chi connectivity index (χ0n) is 16.8. The van der Waals surface area contributed by atoms with Gasteiger partial charge in [-0.05, 0) is 45.0 Å². The van der Waals surface area contributed by atoms with E-state index in [2.05, 4.69) is 103 Å². The van der Waals surface area contributed by atoms with Crippen molar-refractivity contribution in [2.45, 2.75) is 45.7 Å². The molecule has 0 saturated carbocycles. The van der Waals surface area contributed by atoms with E-state index in [1.54, 1.807) is 0 Å². The van der Waals surface area contributed by atoms with Crippen LogP contribution in [0.15, 0.2) is 72.8 Å². The normalized spacial score (nSPS) is 23.0. The number of para-hydroxylation sites is 2. The van der Waals surface area contributed by atoms with Crippen LogP contribution < -0.4 is 9.13 Å². The van der Waals surface area contributed by atoms with Crippen molar-refractivity contribution in [3.63, 3.8) is 0 Å². The molecule has 2 aliphatic heterocycles. The standard InChI is InChI=1S/C25H26N3/c1-25(2,3)28-16-20-14-12-18-8-4-6-10-22(18)26(20)24(28)27-21(17-28)15-13-19-9-5-7-11-23(19)27/h4-15,24H,16-17H2,1-3H3/q+3. The van der Waals surface area contributed by atoms with Gasteiger partial charge in [-0.3, -0.25) is 0 Å². The lowest BCUT2D eigenvalue weighted by atomic mass is 10.0. The van der Waals surface area contributed by atoms with E-state index in [9.17, 15) is 0 Å². The molecule has 0 radical (unpaired) electrons. The Morgan fingerprint density at radius 2 is 1.14 bits per heavy atom. The van der Waals surface area contributed by atoms with Gasteiger partial charge in [-0.25, -0.2) is 0 Å². The van der Waals surface area contributed by atoms with Crippen LogP contribution in [0, 0.1) is 0 Å². The number of hydrogen-bond donors (Lipinski definition) is 0. The predicted octanol–water partition coefficient (Wildman–Crippen LogP) is 4.21. The molecule has 0 bridgehead atoms. The Kier molecular flexibility index (Phi) is 3.00. The second-order valence-corrected chi connectivity index (χ2v) is 9.37. The summed E-state index contributed by atoms with van der Waals surface area (Å²) in [5.41, 5.74) is 5.67. The second kappa shape index (κ2) is 5.18. The summed E-state index contributed by atoms with van der Waals surface area (Å²) < 4.78 is 6.27. The van der Waals surface area contributed by atoms with Crippen LogP contribution in [0.3, 0.4) is 0 Å². The molecular formula is C25H26N3+3. The molecule has 0 unspecified atom stereocenters. The van der Waals surface area contributed by atoms with Gasteiger partial charge < -0.3 is 0 Å². The van der Waals surface area contributed by atoms with Gasteiger partial charge in [0.1, 0.15) is 5.54 Å². The van der Waals surface area contributed by atoms with Crippen molar-refractivity contribution in [1.29, 1.82) is 0 Å². The van der Waals surface area contributed by atoms with E-state index in [0.29, 0.717) is 0 Å². The Morgan fingerprint density at radius 3 is 1.61 bits per heavy atom. The molecule has 0 N–H and O–H groups in total. The third-order valence-corrected chi connectivity index (χ3v) is 7.05. The number of quaternary nitrogens is 1. The zero-order valence-corrected chi connectivity index (χ0v) is 16.8. The van der Waals surface area contributed by atoms with Gasteiger partial charge >= 0.3 is 6.29 Å². The molecule has 2 aliphatic rings. The van der Waals surface area contributed by atoms with Gasteiger partial charge in [0.05, 0.1) is 0 Å². The average molecular weight is 369 g/mol. The van der Waals surface area contributed by atoms with E-state index in [1.807, 2.05) is 0 Å². The third-order valence-electron chi connectivity index (χ3n) is 7.05. The van der Waals surface area contributed by atoms with E-state index >= 15 is 0 Å². The maximum Gasteiger partial charge on any atom is 0.485 e. The summed E-state index contributed by atoms with van der Waals surface area (Å²) in [5.74, 6) is 0. The predicted molar refractivity (Wildman–Crippen MR) is 110 cm³/mol. The maximum atomic E-state index is 2.61. The van der Waals surface area contributed by atoms with Crippen molar-refractivity contribution in [2.75, 3.05) is 0 Å². The summed E-state index contributed by atoms with van der Waals surface area (Å²) in [6.07, 6.45) is 0.252. The fourth-order valence-corrected chi connectivity index (χ4v) is 5.52. The topological polar surface area (TPSA) is 7.76 Å². The number of fused-ring (bicyclic) bond motifs is 9. The largest absolute Gasteiger partial charge is 0.485 e. The van der Waals surface area contributed by atoms with Crippen molar-refractivity contribution >= 4 is 21.8 Å². The van der Waals surface area contributed by atoms with Crippen molar-refractivity contribution in [3.05, 3.63) is 84.2 Å². The van der Waals surface area contributed by atoms with Crippen molar-refractivity contribution in [2.24, 2.45) is 0 Å². The Hall–Kier alpha value is -2.78. The molecule has 0 spiro atoms. The molecule has 0 atom stereocenters. The van der Waals surface area contributed by atoms with E-state index in [0.717, 1.165) is 17.6 Å². The molecular weight excluding hydrogens is 342 g/mol. The van der Waals surface area contributed by atoms with Gasteiger partial charge in [-0.2, -0.15) is 4.48 Å². The second-order valence-electron chi connectivity index (χ2n) is 9.37. The molecule has 0 fully saturated rings. The first kappa shape index (κ1) is 16.2. The minimum absolute atomic E-state index is 0.130. The minimum atomic E-state index is 0.130. The van der Waals surface area contributed by atoms with Crippen LogP contribution in [0.2, 0.25) is 0 Å². The lowest BCUT2D eigenvalue weighted by Gasteiger charge is -2.37. The van der Waals surface area contributed by atoms with Gasteiger partial charge in [0.25, 0.3) is 0 Å². The molecule has 2 aromatic carbocycles. The molecule has 4 aromatic rings. The van der Waals surface area contributed by atoms with Crippen molar-refractivity contribution in [1.82, 2.24) is 0 Å². The number of benzene rings is 2. The van der Waals surface area contributed by atoms with Gasteiger partial charge in [0.15, 0.2) is 13.1 Å². The quantitative estimate of drug-likeness (QED) is 0.324. The average Bonchev–Trinajstić information content (AvgIpc) is 3.20. The van der Waals surface area contributed by atoms with Crippen LogP contribution in [0.25, 0.3) is 21.8 Å². The third kappa shape index (κ3) is 1.87. The summed E-state index contributed by atoms with van der Waals surface area (Å²) in [4.78, 5) is 0. The van der Waals surface area contributed by atoms with E-state index in [4.69, 9.17) is 0 Å². The van der Waals surface area contributed by atoms with Crippen LogP contribution in [0.1, 0.15) is 38.4 Å². The van der Waals surface area contributed by atoms with Crippen LogP contribution >= 0.6 is 0 Å². The first-order chi connectivity index (χ1) is 13.5. The molecule has 3 heteroatoms.